The van der Waals surface area contributed by atoms with Gasteiger partial charge in [-0.05, 0) is 59.3 Å². The van der Waals surface area contributed by atoms with Gasteiger partial charge in [-0.2, -0.15) is 11.8 Å². The minimum Gasteiger partial charge on any atom is -0.440 e. The second-order valence-electron chi connectivity index (χ2n) is 6.77. The van der Waals surface area contributed by atoms with Crippen LogP contribution in [0.25, 0.3) is 0 Å². The smallest absolute Gasteiger partial charge is 0.342 e. The third-order valence-electron chi connectivity index (χ3n) is 4.97. The first-order chi connectivity index (χ1) is 13.9. The van der Waals surface area contributed by atoms with Crippen molar-refractivity contribution in [2.45, 2.75) is 6.92 Å². The van der Waals surface area contributed by atoms with Gasteiger partial charge in [-0.15, -0.1) is 0 Å². The lowest BCUT2D eigenvalue weighted by Crippen LogP contribution is -2.39. The topological polar surface area (TPSA) is 49.9 Å². The predicted molar refractivity (Wildman–Crippen MR) is 116 cm³/mol. The highest BCUT2D eigenvalue weighted by atomic mass is 127. The Morgan fingerprint density at radius 1 is 1.17 bits per heavy atom. The van der Waals surface area contributed by atoms with E-state index in [2.05, 4.69) is 22.6 Å². The molecule has 4 rings (SSSR count). The van der Waals surface area contributed by atoms with Crippen LogP contribution in [-0.4, -0.2) is 48.1 Å². The number of esters is 1. The molecule has 2 aliphatic rings. The normalized spacial score (nSPS) is 16.5. The lowest BCUT2D eigenvalue weighted by molar-refractivity contribution is 0.0491. The van der Waals surface area contributed by atoms with Gasteiger partial charge < -0.3 is 14.5 Å². The zero-order valence-corrected chi connectivity index (χ0v) is 18.5. The summed E-state index contributed by atoms with van der Waals surface area (Å²) in [6.45, 7) is 2.52. The van der Waals surface area contributed by atoms with Gasteiger partial charge in [0.25, 0.3) is 5.91 Å². The Balaban J connectivity index is 1.82. The van der Waals surface area contributed by atoms with Crippen LogP contribution in [0.1, 0.15) is 26.3 Å². The molecule has 0 radical (unpaired) electrons. The van der Waals surface area contributed by atoms with E-state index in [1.165, 1.54) is 9.80 Å². The number of thioether (sulfide) groups is 1. The van der Waals surface area contributed by atoms with Crippen LogP contribution in [0.3, 0.4) is 0 Å². The van der Waals surface area contributed by atoms with Crippen LogP contribution in [0, 0.1) is 22.1 Å². The number of rotatable bonds is 2. The number of benzene rings is 2. The Hall–Kier alpha value is -1.88. The van der Waals surface area contributed by atoms with E-state index >= 15 is 4.39 Å². The molecule has 2 aromatic rings. The summed E-state index contributed by atoms with van der Waals surface area (Å²) in [6, 6.07) is 6.61. The summed E-state index contributed by atoms with van der Waals surface area (Å²) < 4.78 is 36.3. The Morgan fingerprint density at radius 2 is 1.90 bits per heavy atom. The number of aryl methyl sites for hydroxylation is 1. The van der Waals surface area contributed by atoms with Gasteiger partial charge in [-0.1, -0.05) is 0 Å². The maximum absolute atomic E-state index is 15.2. The molecular weight excluding hydrogens is 513 g/mol. The Morgan fingerprint density at radius 3 is 2.59 bits per heavy atom. The number of cyclic esters (lactones) is 1. The molecule has 1 fully saturated rings. The molecule has 0 aromatic heterocycles. The summed E-state index contributed by atoms with van der Waals surface area (Å²) in [4.78, 5) is 28.0. The maximum atomic E-state index is 15.2. The van der Waals surface area contributed by atoms with Crippen molar-refractivity contribution in [1.29, 1.82) is 0 Å². The lowest BCUT2D eigenvalue weighted by Gasteiger charge is -2.32. The van der Waals surface area contributed by atoms with Gasteiger partial charge in [0, 0.05) is 33.9 Å². The lowest BCUT2D eigenvalue weighted by atomic mass is 10.0. The van der Waals surface area contributed by atoms with Gasteiger partial charge in [0.1, 0.15) is 0 Å². The summed E-state index contributed by atoms with van der Waals surface area (Å²) in [6.07, 6.45) is 0. The summed E-state index contributed by atoms with van der Waals surface area (Å²) >= 11 is 3.86. The van der Waals surface area contributed by atoms with Crippen LogP contribution < -0.4 is 4.90 Å². The number of anilines is 2. The molecule has 0 aliphatic carbocycles. The Kier molecular flexibility index (Phi) is 5.69. The molecule has 1 saturated heterocycles. The molecule has 0 spiro atoms. The van der Waals surface area contributed by atoms with Crippen molar-refractivity contribution in [1.82, 2.24) is 4.90 Å². The molecule has 152 valence electrons. The Labute approximate surface area is 184 Å². The predicted octanol–water partition coefficient (Wildman–Crippen LogP) is 4.33. The van der Waals surface area contributed by atoms with Crippen molar-refractivity contribution in [2.24, 2.45) is 0 Å². The van der Waals surface area contributed by atoms with Gasteiger partial charge in [-0.25, -0.2) is 13.6 Å². The molecule has 0 unspecified atom stereocenters. The minimum atomic E-state index is -1.24. The highest BCUT2D eigenvalue weighted by molar-refractivity contribution is 14.1. The van der Waals surface area contributed by atoms with E-state index < -0.39 is 29.1 Å². The monoisotopic (exact) mass is 530 g/mol. The number of hydrogen-bond donors (Lipinski definition) is 0. The van der Waals surface area contributed by atoms with E-state index in [9.17, 15) is 14.0 Å². The fourth-order valence-corrected chi connectivity index (χ4v) is 5.06. The van der Waals surface area contributed by atoms with Gasteiger partial charge in [0.05, 0.1) is 16.8 Å². The second kappa shape index (κ2) is 8.10. The van der Waals surface area contributed by atoms with Crippen molar-refractivity contribution in [3.8, 4) is 0 Å². The molecule has 9 heteroatoms. The number of carbonyl (C=O) groups excluding carboxylic acids is 2. The van der Waals surface area contributed by atoms with E-state index in [-0.39, 0.29) is 18.0 Å². The van der Waals surface area contributed by atoms with Crippen molar-refractivity contribution in [3.63, 3.8) is 0 Å². The number of nitrogens with zero attached hydrogens (tertiary/aromatic N) is 2. The van der Waals surface area contributed by atoms with E-state index in [1.807, 2.05) is 19.1 Å². The molecule has 5 nitrogen and oxygen atoms in total. The first kappa shape index (κ1) is 20.4. The van der Waals surface area contributed by atoms with Gasteiger partial charge in [0.15, 0.2) is 18.4 Å². The van der Waals surface area contributed by atoms with Crippen LogP contribution in [0.15, 0.2) is 24.3 Å². The van der Waals surface area contributed by atoms with Crippen molar-refractivity contribution in [3.05, 3.63) is 56.2 Å². The molecule has 2 heterocycles. The largest absolute Gasteiger partial charge is 0.440 e. The molecule has 29 heavy (non-hydrogen) atoms. The molecule has 1 amide bonds. The van der Waals surface area contributed by atoms with E-state index in [0.717, 1.165) is 26.7 Å². The van der Waals surface area contributed by atoms with Crippen LogP contribution in [0.5, 0.6) is 0 Å². The second-order valence-corrected chi connectivity index (χ2v) is 9.24. The zero-order chi connectivity index (χ0) is 20.7. The average Bonchev–Trinajstić information content (AvgIpc) is 2.71. The third-order valence-corrected chi connectivity index (χ3v) is 6.59. The molecule has 0 atom stereocenters. The molecule has 2 aliphatic heterocycles. The minimum absolute atomic E-state index is 0.150. The first-order valence-corrected chi connectivity index (χ1v) is 11.2. The van der Waals surface area contributed by atoms with Crippen LogP contribution >= 0.6 is 34.4 Å². The number of fused-ring (bicyclic) bond motifs is 1. The summed E-state index contributed by atoms with van der Waals surface area (Å²) in [7, 11) is 0. The van der Waals surface area contributed by atoms with Gasteiger partial charge in [-0.3, -0.25) is 4.79 Å². The number of amides is 1. The van der Waals surface area contributed by atoms with Crippen molar-refractivity contribution < 1.29 is 23.1 Å². The summed E-state index contributed by atoms with van der Waals surface area (Å²) in [5.41, 5.74) is 0.638. The SMILES string of the molecule is Cc1cc(I)ccc1N1COC(=O)c2cc(C(=O)N3CCSCC3)c(F)c(F)c21. The fourth-order valence-electron chi connectivity index (χ4n) is 3.51. The average molecular weight is 530 g/mol. The maximum Gasteiger partial charge on any atom is 0.342 e. The Bertz CT molecular complexity index is 1010. The molecule has 0 N–H and O–H groups in total. The summed E-state index contributed by atoms with van der Waals surface area (Å²) in [5, 5.41) is 0. The molecule has 0 saturated carbocycles. The highest BCUT2D eigenvalue weighted by Crippen LogP contribution is 2.39. The van der Waals surface area contributed by atoms with E-state index in [4.69, 9.17) is 4.74 Å². The van der Waals surface area contributed by atoms with Crippen molar-refractivity contribution >= 4 is 57.6 Å². The third kappa shape index (κ3) is 3.70. The molecular formula is C20H17F2IN2O3S. The van der Waals surface area contributed by atoms with Gasteiger partial charge in [0.2, 0.25) is 0 Å². The molecule has 0 bridgehead atoms. The number of hydrogen-bond acceptors (Lipinski definition) is 5. The van der Waals surface area contributed by atoms with Crippen LogP contribution in [0.4, 0.5) is 20.2 Å². The van der Waals surface area contributed by atoms with E-state index in [0.29, 0.717) is 18.8 Å². The molecule has 2 aromatic carbocycles. The zero-order valence-electron chi connectivity index (χ0n) is 15.5. The van der Waals surface area contributed by atoms with Gasteiger partial charge >= 0.3 is 5.97 Å². The quantitative estimate of drug-likeness (QED) is 0.428. The standard InChI is InChI=1S/C20H17F2IN2O3S/c1-11-8-12(23)2-3-15(11)25-10-28-20(27)14-9-13(16(21)17(22)18(14)25)19(26)24-4-6-29-7-5-24/h2-3,8-9H,4-7,10H2,1H3. The summed E-state index contributed by atoms with van der Waals surface area (Å²) in [5.74, 6) is -2.37. The highest BCUT2D eigenvalue weighted by Gasteiger charge is 2.35. The van der Waals surface area contributed by atoms with Crippen LogP contribution in [0.2, 0.25) is 0 Å². The number of ether oxygens (including phenoxy) is 1. The number of carbonyl (C=O) groups is 2. The van der Waals surface area contributed by atoms with E-state index in [1.54, 1.807) is 17.8 Å². The van der Waals surface area contributed by atoms with Crippen LogP contribution in [-0.2, 0) is 4.74 Å². The van der Waals surface area contributed by atoms with Crippen molar-refractivity contribution in [2.75, 3.05) is 36.2 Å². The first-order valence-electron chi connectivity index (χ1n) is 8.98. The fraction of sp³-hybridized carbons (Fsp3) is 0.300. The number of halogens is 3.